The molecule has 4 heteroatoms. The molecule has 0 aromatic heterocycles. The molecular formula is C15H20O4. The van der Waals surface area contributed by atoms with E-state index >= 15 is 0 Å². The molecule has 19 heavy (non-hydrogen) atoms. The maximum atomic E-state index is 11.7. The molecule has 2 N–H and O–H groups in total. The highest BCUT2D eigenvalue weighted by atomic mass is 16.6. The third-order valence-corrected chi connectivity index (χ3v) is 5.09. The van der Waals surface area contributed by atoms with E-state index in [-0.39, 0.29) is 29.8 Å². The largest absolute Gasteiger partial charge is 0.458 e. The topological polar surface area (TPSA) is 66.8 Å². The monoisotopic (exact) mass is 264 g/mol. The molecule has 0 bridgehead atoms. The van der Waals surface area contributed by atoms with Gasteiger partial charge in [-0.1, -0.05) is 18.7 Å². The lowest BCUT2D eigenvalue weighted by atomic mass is 9.73. The van der Waals surface area contributed by atoms with E-state index in [1.165, 1.54) is 0 Å². The molecule has 0 radical (unpaired) electrons. The first kappa shape index (κ1) is 12.9. The molecule has 1 aliphatic heterocycles. The van der Waals surface area contributed by atoms with Crippen molar-refractivity contribution in [1.29, 1.82) is 0 Å². The van der Waals surface area contributed by atoms with Crippen molar-refractivity contribution in [2.75, 3.05) is 0 Å². The normalized spacial score (nSPS) is 52.6. The third kappa shape index (κ3) is 1.70. The van der Waals surface area contributed by atoms with E-state index < -0.39 is 11.2 Å². The number of ether oxygens (including phenoxy) is 1. The van der Waals surface area contributed by atoms with E-state index in [0.29, 0.717) is 18.4 Å². The minimum Gasteiger partial charge on any atom is -0.458 e. The Balaban J connectivity index is 2.05. The fourth-order valence-corrected chi connectivity index (χ4v) is 3.93. The number of hydrogen-bond acceptors (Lipinski definition) is 4. The van der Waals surface area contributed by atoms with Gasteiger partial charge in [0.25, 0.3) is 0 Å². The molecule has 6 atom stereocenters. The number of rotatable bonds is 0. The summed E-state index contributed by atoms with van der Waals surface area (Å²) in [5.74, 6) is -0.965. The van der Waals surface area contributed by atoms with Crippen LogP contribution in [-0.4, -0.2) is 33.5 Å². The second kappa shape index (κ2) is 3.70. The van der Waals surface area contributed by atoms with Crippen molar-refractivity contribution in [3.05, 3.63) is 24.3 Å². The highest BCUT2D eigenvalue weighted by molar-refractivity contribution is 5.90. The minimum absolute atomic E-state index is 0.0969. The number of carbonyl (C=O) groups is 1. The Morgan fingerprint density at radius 2 is 2.11 bits per heavy atom. The van der Waals surface area contributed by atoms with Gasteiger partial charge in [0.15, 0.2) is 0 Å². The van der Waals surface area contributed by atoms with Crippen molar-refractivity contribution in [3.63, 3.8) is 0 Å². The zero-order valence-corrected chi connectivity index (χ0v) is 11.3. The van der Waals surface area contributed by atoms with Crippen molar-refractivity contribution in [2.24, 2.45) is 17.8 Å². The first-order chi connectivity index (χ1) is 8.74. The fourth-order valence-electron chi connectivity index (χ4n) is 3.93. The van der Waals surface area contributed by atoms with E-state index in [0.717, 1.165) is 0 Å². The summed E-state index contributed by atoms with van der Waals surface area (Å²) in [6.07, 6.45) is 4.43. The van der Waals surface area contributed by atoms with Crippen LogP contribution in [-0.2, 0) is 9.53 Å². The van der Waals surface area contributed by atoms with Gasteiger partial charge < -0.3 is 14.9 Å². The number of esters is 1. The van der Waals surface area contributed by atoms with E-state index in [4.69, 9.17) is 4.74 Å². The average molecular weight is 264 g/mol. The maximum absolute atomic E-state index is 11.7. The van der Waals surface area contributed by atoms with Crippen LogP contribution in [0.15, 0.2) is 24.3 Å². The summed E-state index contributed by atoms with van der Waals surface area (Å²) < 4.78 is 5.45. The fraction of sp³-hybridized carbons (Fsp3) is 0.667. The molecule has 2 aliphatic carbocycles. The number of hydrogen-bond donors (Lipinski definition) is 2. The van der Waals surface area contributed by atoms with Gasteiger partial charge in [-0.25, -0.2) is 4.79 Å². The molecule has 1 heterocycles. The van der Waals surface area contributed by atoms with E-state index in [1.54, 1.807) is 19.9 Å². The zero-order chi connectivity index (χ0) is 14.0. The van der Waals surface area contributed by atoms with Gasteiger partial charge in [-0.05, 0) is 26.7 Å². The Morgan fingerprint density at radius 3 is 2.79 bits per heavy atom. The smallest absolute Gasteiger partial charge is 0.334 e. The van der Waals surface area contributed by atoms with Crippen LogP contribution >= 0.6 is 0 Å². The van der Waals surface area contributed by atoms with Gasteiger partial charge in [-0.3, -0.25) is 0 Å². The molecule has 0 spiro atoms. The summed E-state index contributed by atoms with van der Waals surface area (Å²) in [6, 6.07) is 0. The van der Waals surface area contributed by atoms with Gasteiger partial charge in [-0.2, -0.15) is 0 Å². The summed E-state index contributed by atoms with van der Waals surface area (Å²) in [7, 11) is 0. The molecule has 3 aliphatic rings. The second-order valence-electron chi connectivity index (χ2n) is 6.53. The van der Waals surface area contributed by atoms with Crippen LogP contribution in [0.2, 0.25) is 0 Å². The molecule has 1 saturated carbocycles. The zero-order valence-electron chi connectivity index (χ0n) is 11.3. The molecule has 2 fully saturated rings. The predicted molar refractivity (Wildman–Crippen MR) is 69.1 cm³/mol. The Bertz CT molecular complexity index is 475. The van der Waals surface area contributed by atoms with Crippen LogP contribution in [0.1, 0.15) is 26.7 Å². The van der Waals surface area contributed by atoms with Gasteiger partial charge in [0.2, 0.25) is 0 Å². The lowest BCUT2D eigenvalue weighted by molar-refractivity contribution is -0.148. The average Bonchev–Trinajstić information content (AvgIpc) is 2.71. The Kier molecular flexibility index (Phi) is 2.51. The summed E-state index contributed by atoms with van der Waals surface area (Å²) in [6.45, 7) is 7.32. The molecule has 1 saturated heterocycles. The molecule has 0 aromatic carbocycles. The number of fused-ring (bicyclic) bond motifs is 3. The van der Waals surface area contributed by atoms with E-state index in [2.05, 4.69) is 6.58 Å². The second-order valence-corrected chi connectivity index (χ2v) is 6.53. The van der Waals surface area contributed by atoms with Crippen molar-refractivity contribution in [2.45, 2.75) is 44.0 Å². The van der Waals surface area contributed by atoms with Crippen LogP contribution in [0.5, 0.6) is 0 Å². The Hall–Kier alpha value is -1.13. The van der Waals surface area contributed by atoms with Crippen molar-refractivity contribution in [1.82, 2.24) is 0 Å². The lowest BCUT2D eigenvalue weighted by Crippen LogP contribution is -2.47. The van der Waals surface area contributed by atoms with Gasteiger partial charge in [0.05, 0.1) is 11.2 Å². The van der Waals surface area contributed by atoms with E-state index in [1.807, 2.05) is 6.08 Å². The van der Waals surface area contributed by atoms with Crippen LogP contribution in [0.4, 0.5) is 0 Å². The SMILES string of the molecule is C=C1C(=O)O[C@@H]2[C@@H]3[C@@H](C=C[C@]3(C)O)[C@@](C)(O)CC[C@@H]12. The molecule has 0 aromatic rings. The van der Waals surface area contributed by atoms with Gasteiger partial charge in [0, 0.05) is 23.3 Å². The first-order valence-corrected chi connectivity index (χ1v) is 6.78. The molecule has 0 amide bonds. The van der Waals surface area contributed by atoms with Crippen molar-refractivity contribution < 1.29 is 19.7 Å². The first-order valence-electron chi connectivity index (χ1n) is 6.78. The quantitative estimate of drug-likeness (QED) is 0.392. The Labute approximate surface area is 112 Å². The highest BCUT2D eigenvalue weighted by Gasteiger charge is 2.58. The van der Waals surface area contributed by atoms with Crippen LogP contribution < -0.4 is 0 Å². The number of carbonyl (C=O) groups excluding carboxylic acids is 1. The van der Waals surface area contributed by atoms with Crippen LogP contribution in [0, 0.1) is 17.8 Å². The molecule has 3 rings (SSSR count). The van der Waals surface area contributed by atoms with Gasteiger partial charge >= 0.3 is 5.97 Å². The summed E-state index contributed by atoms with van der Waals surface area (Å²) >= 11 is 0. The summed E-state index contributed by atoms with van der Waals surface area (Å²) in [4.78, 5) is 11.7. The molecule has 4 nitrogen and oxygen atoms in total. The van der Waals surface area contributed by atoms with Gasteiger partial charge in [0.1, 0.15) is 6.10 Å². The molecule has 104 valence electrons. The van der Waals surface area contributed by atoms with Crippen LogP contribution in [0.3, 0.4) is 0 Å². The molecular weight excluding hydrogens is 244 g/mol. The summed E-state index contributed by atoms with van der Waals surface area (Å²) in [5.41, 5.74) is -1.48. The minimum atomic E-state index is -1.06. The Morgan fingerprint density at radius 1 is 1.42 bits per heavy atom. The number of aliphatic hydroxyl groups is 2. The standard InChI is InChI=1S/C15H20O4/c1-8-9-4-6-14(2,17)10-5-7-15(3,18)11(10)12(9)19-13(8)16/h5,7,9-12,17-18H,1,4,6H2,2-3H3/t9-,10+,11-,12-,14-,15-/m0/s1. The predicted octanol–water partition coefficient (Wildman–Crippen LogP) is 1.18. The maximum Gasteiger partial charge on any atom is 0.334 e. The van der Waals surface area contributed by atoms with Gasteiger partial charge in [-0.15, -0.1) is 0 Å². The third-order valence-electron chi connectivity index (χ3n) is 5.09. The molecule has 0 unspecified atom stereocenters. The van der Waals surface area contributed by atoms with Crippen molar-refractivity contribution >= 4 is 5.97 Å². The lowest BCUT2D eigenvalue weighted by Gasteiger charge is -2.38. The van der Waals surface area contributed by atoms with E-state index in [9.17, 15) is 15.0 Å². The highest BCUT2D eigenvalue weighted by Crippen LogP contribution is 2.52. The van der Waals surface area contributed by atoms with Crippen molar-refractivity contribution in [3.8, 4) is 0 Å². The summed E-state index contributed by atoms with van der Waals surface area (Å²) in [5, 5.41) is 21.2. The van der Waals surface area contributed by atoms with Crippen LogP contribution in [0.25, 0.3) is 0 Å².